The first-order valence-electron chi connectivity index (χ1n) is 8.49. The van der Waals surface area contributed by atoms with Crippen LogP contribution in [0.2, 0.25) is 0 Å². The van der Waals surface area contributed by atoms with Gasteiger partial charge in [-0.1, -0.05) is 0 Å². The van der Waals surface area contributed by atoms with Crippen molar-refractivity contribution in [3.63, 3.8) is 0 Å². The summed E-state index contributed by atoms with van der Waals surface area (Å²) in [5, 5.41) is 18.5. The Labute approximate surface area is 156 Å². The van der Waals surface area contributed by atoms with E-state index in [-0.39, 0.29) is 12.2 Å². The molecule has 0 bridgehead atoms. The zero-order valence-corrected chi connectivity index (χ0v) is 15.3. The van der Waals surface area contributed by atoms with Gasteiger partial charge in [-0.2, -0.15) is 5.26 Å². The highest BCUT2D eigenvalue weighted by Crippen LogP contribution is 2.43. The third-order valence-electron chi connectivity index (χ3n) is 4.59. The van der Waals surface area contributed by atoms with E-state index in [0.29, 0.717) is 22.4 Å². The molecule has 0 radical (unpaired) electrons. The van der Waals surface area contributed by atoms with Gasteiger partial charge in [0.15, 0.2) is 6.10 Å². The molecule has 0 saturated heterocycles. The molecule has 140 valence electrons. The predicted octanol–water partition coefficient (Wildman–Crippen LogP) is 1.90. The molecule has 7 heteroatoms. The van der Waals surface area contributed by atoms with Crippen LogP contribution in [0.5, 0.6) is 5.75 Å². The molecule has 1 aromatic carbocycles. The largest absolute Gasteiger partial charge is 0.484 e. The van der Waals surface area contributed by atoms with Crippen LogP contribution in [0.15, 0.2) is 41.3 Å². The molecular weight excluding hydrogens is 348 g/mol. The van der Waals surface area contributed by atoms with Gasteiger partial charge in [0.2, 0.25) is 0 Å². The van der Waals surface area contributed by atoms with Gasteiger partial charge in [0.05, 0.1) is 18.2 Å². The number of benzene rings is 1. The van der Waals surface area contributed by atoms with Crippen molar-refractivity contribution < 1.29 is 19.4 Å². The first-order valence-corrected chi connectivity index (χ1v) is 8.49. The fraction of sp³-hybridized carbons (Fsp3) is 0.350. The summed E-state index contributed by atoms with van der Waals surface area (Å²) in [5.74, 6) is 0.0205. The Kier molecular flexibility index (Phi) is 4.77. The van der Waals surface area contributed by atoms with Crippen LogP contribution >= 0.6 is 0 Å². The number of pyridine rings is 1. The Bertz CT molecular complexity index is 987. The van der Waals surface area contributed by atoms with E-state index in [4.69, 9.17) is 9.47 Å². The van der Waals surface area contributed by atoms with E-state index < -0.39 is 23.7 Å². The molecule has 0 spiro atoms. The van der Waals surface area contributed by atoms with Crippen molar-refractivity contribution in [3.8, 4) is 11.8 Å². The Morgan fingerprint density at radius 3 is 2.70 bits per heavy atom. The summed E-state index contributed by atoms with van der Waals surface area (Å²) in [6.45, 7) is 4.60. The number of ether oxygens (including phenoxy) is 2. The molecule has 1 N–H and O–H groups in total. The number of fused-ring (bicyclic) bond motifs is 1. The van der Waals surface area contributed by atoms with Crippen molar-refractivity contribution in [1.82, 2.24) is 4.57 Å². The Balaban J connectivity index is 2.26. The van der Waals surface area contributed by atoms with Gasteiger partial charge >= 0.3 is 5.97 Å². The molecule has 2 heterocycles. The second kappa shape index (κ2) is 6.89. The SMILES string of the molecule is CC(=O)O[C@H]1[C@H](n2ccc(CO)cc2=O)c2cc(C#N)ccc2OC1(C)C. The quantitative estimate of drug-likeness (QED) is 0.831. The summed E-state index contributed by atoms with van der Waals surface area (Å²) in [5.41, 5.74) is 0.210. The van der Waals surface area contributed by atoms with Crippen molar-refractivity contribution in [2.75, 3.05) is 0 Å². The number of aliphatic hydroxyl groups excluding tert-OH is 1. The number of hydrogen-bond donors (Lipinski definition) is 1. The maximum absolute atomic E-state index is 12.7. The van der Waals surface area contributed by atoms with Gasteiger partial charge in [0.1, 0.15) is 17.4 Å². The van der Waals surface area contributed by atoms with Crippen LogP contribution in [-0.2, 0) is 16.1 Å². The van der Waals surface area contributed by atoms with Gasteiger partial charge < -0.3 is 19.1 Å². The predicted molar refractivity (Wildman–Crippen MR) is 96.2 cm³/mol. The maximum Gasteiger partial charge on any atom is 0.303 e. The highest BCUT2D eigenvalue weighted by Gasteiger charge is 2.47. The van der Waals surface area contributed by atoms with E-state index in [1.165, 1.54) is 17.6 Å². The number of hydrogen-bond acceptors (Lipinski definition) is 6. The molecule has 7 nitrogen and oxygen atoms in total. The van der Waals surface area contributed by atoms with Gasteiger partial charge in [0, 0.05) is 24.8 Å². The zero-order valence-electron chi connectivity index (χ0n) is 15.3. The number of carbonyl (C=O) groups is 1. The van der Waals surface area contributed by atoms with Crippen molar-refractivity contribution >= 4 is 5.97 Å². The number of aliphatic hydroxyl groups is 1. The van der Waals surface area contributed by atoms with Crippen LogP contribution in [0.4, 0.5) is 0 Å². The highest BCUT2D eigenvalue weighted by atomic mass is 16.6. The van der Waals surface area contributed by atoms with Crippen molar-refractivity contribution in [1.29, 1.82) is 5.26 Å². The van der Waals surface area contributed by atoms with Gasteiger partial charge in [-0.15, -0.1) is 0 Å². The summed E-state index contributed by atoms with van der Waals surface area (Å²) < 4.78 is 13.0. The minimum atomic E-state index is -0.910. The molecule has 3 rings (SSSR count). The lowest BCUT2D eigenvalue weighted by Crippen LogP contribution is -2.54. The minimum Gasteiger partial charge on any atom is -0.484 e. The van der Waals surface area contributed by atoms with E-state index in [9.17, 15) is 20.0 Å². The number of nitrogens with zero attached hydrogens (tertiary/aromatic N) is 2. The third kappa shape index (κ3) is 3.44. The van der Waals surface area contributed by atoms with Crippen LogP contribution in [-0.4, -0.2) is 27.3 Å². The Morgan fingerprint density at radius 1 is 1.37 bits per heavy atom. The van der Waals surface area contributed by atoms with Gasteiger partial charge in [-0.05, 0) is 43.7 Å². The first kappa shape index (κ1) is 18.7. The number of nitriles is 1. The van der Waals surface area contributed by atoms with Crippen LogP contribution in [0.1, 0.15) is 43.5 Å². The number of aromatic nitrogens is 1. The lowest BCUT2D eigenvalue weighted by molar-refractivity contribution is -0.163. The molecule has 0 saturated carbocycles. The molecule has 2 aromatic rings. The van der Waals surface area contributed by atoms with E-state index in [1.807, 2.05) is 0 Å². The minimum absolute atomic E-state index is 0.252. The molecule has 0 amide bonds. The Morgan fingerprint density at radius 2 is 2.11 bits per heavy atom. The van der Waals surface area contributed by atoms with Crippen LogP contribution in [0.25, 0.3) is 0 Å². The standard InChI is InChI=1S/C20H20N2O5/c1-12(24)26-19-18(22-7-6-14(11-23)9-17(22)25)15-8-13(10-21)4-5-16(15)27-20(19,2)3/h4-9,18-19,23H,11H2,1-3H3/t18-,19+/m1/s1. The average Bonchev–Trinajstić information content (AvgIpc) is 2.62. The Hall–Kier alpha value is -3.11. The van der Waals surface area contributed by atoms with Crippen molar-refractivity contribution in [3.05, 3.63) is 63.6 Å². The van der Waals surface area contributed by atoms with Crippen LogP contribution < -0.4 is 10.3 Å². The second-order valence-electron chi connectivity index (χ2n) is 6.98. The highest BCUT2D eigenvalue weighted by molar-refractivity contribution is 5.66. The molecule has 1 aliphatic heterocycles. The fourth-order valence-corrected chi connectivity index (χ4v) is 3.37. The van der Waals surface area contributed by atoms with Crippen molar-refractivity contribution in [2.45, 2.75) is 45.1 Å². The van der Waals surface area contributed by atoms with Gasteiger partial charge in [-0.3, -0.25) is 9.59 Å². The van der Waals surface area contributed by atoms with E-state index in [1.54, 1.807) is 44.3 Å². The number of carbonyl (C=O) groups excluding carboxylic acids is 1. The molecular formula is C20H20N2O5. The number of rotatable bonds is 3. The van der Waals surface area contributed by atoms with Crippen molar-refractivity contribution in [2.24, 2.45) is 0 Å². The second-order valence-corrected chi connectivity index (χ2v) is 6.98. The summed E-state index contributed by atoms with van der Waals surface area (Å²) >= 11 is 0. The summed E-state index contributed by atoms with van der Waals surface area (Å²) in [7, 11) is 0. The smallest absolute Gasteiger partial charge is 0.303 e. The molecule has 1 aliphatic rings. The maximum atomic E-state index is 12.7. The molecule has 0 unspecified atom stereocenters. The molecule has 0 fully saturated rings. The van der Waals surface area contributed by atoms with Crippen LogP contribution in [0, 0.1) is 11.3 Å². The van der Waals surface area contributed by atoms with E-state index >= 15 is 0 Å². The van der Waals surface area contributed by atoms with E-state index in [0.717, 1.165) is 0 Å². The molecule has 27 heavy (non-hydrogen) atoms. The molecule has 0 aliphatic carbocycles. The zero-order chi connectivity index (χ0) is 19.8. The van der Waals surface area contributed by atoms with Crippen LogP contribution in [0.3, 0.4) is 0 Å². The lowest BCUT2D eigenvalue weighted by Gasteiger charge is -2.44. The fourth-order valence-electron chi connectivity index (χ4n) is 3.37. The first-order chi connectivity index (χ1) is 12.8. The summed E-state index contributed by atoms with van der Waals surface area (Å²) in [6.07, 6.45) is 0.758. The average molecular weight is 368 g/mol. The van der Waals surface area contributed by atoms with E-state index in [2.05, 4.69) is 6.07 Å². The van der Waals surface area contributed by atoms with Gasteiger partial charge in [-0.25, -0.2) is 0 Å². The number of esters is 1. The molecule has 2 atom stereocenters. The third-order valence-corrected chi connectivity index (χ3v) is 4.59. The monoisotopic (exact) mass is 368 g/mol. The van der Waals surface area contributed by atoms with Gasteiger partial charge in [0.25, 0.3) is 5.56 Å². The molecule has 1 aromatic heterocycles. The lowest BCUT2D eigenvalue weighted by atomic mass is 9.85. The topological polar surface area (TPSA) is 102 Å². The normalized spacial score (nSPS) is 20.1. The summed E-state index contributed by atoms with van der Waals surface area (Å²) in [4.78, 5) is 24.5. The summed E-state index contributed by atoms with van der Waals surface area (Å²) in [6, 6.07) is 9.31.